The number of piperidine rings is 1. The van der Waals surface area contributed by atoms with E-state index in [4.69, 9.17) is 0 Å². The van der Waals surface area contributed by atoms with Gasteiger partial charge in [0.2, 0.25) is 5.91 Å². The van der Waals surface area contributed by atoms with Crippen molar-refractivity contribution in [2.75, 3.05) is 37.7 Å². The van der Waals surface area contributed by atoms with Gasteiger partial charge in [-0.05, 0) is 43.6 Å². The van der Waals surface area contributed by atoms with Gasteiger partial charge >= 0.3 is 0 Å². The van der Waals surface area contributed by atoms with Crippen LogP contribution in [0.1, 0.15) is 18.4 Å². The molecule has 0 radical (unpaired) electrons. The number of carbonyl (C=O) groups is 1. The van der Waals surface area contributed by atoms with E-state index in [1.807, 2.05) is 11.8 Å². The van der Waals surface area contributed by atoms with Gasteiger partial charge in [0.05, 0.1) is 0 Å². The predicted molar refractivity (Wildman–Crippen MR) is 96.0 cm³/mol. The molecule has 2 aliphatic heterocycles. The third-order valence-electron chi connectivity index (χ3n) is 4.58. The summed E-state index contributed by atoms with van der Waals surface area (Å²) < 4.78 is 1.13. The maximum absolute atomic E-state index is 12.5. The highest BCUT2D eigenvalue weighted by Gasteiger charge is 2.29. The van der Waals surface area contributed by atoms with E-state index in [1.54, 1.807) is 0 Å². The van der Waals surface area contributed by atoms with E-state index in [0.29, 0.717) is 5.91 Å². The Hall–Kier alpha value is -0.520. The highest BCUT2D eigenvalue weighted by Crippen LogP contribution is 2.23. The SMILES string of the molecule is O=C(C1CCN(Cc2ccc(Br)cc2)CC1)N1CCSCC1. The number of rotatable bonds is 3. The van der Waals surface area contributed by atoms with E-state index < -0.39 is 0 Å². The van der Waals surface area contributed by atoms with Crippen LogP contribution in [0.4, 0.5) is 0 Å². The minimum absolute atomic E-state index is 0.254. The minimum atomic E-state index is 0.254. The van der Waals surface area contributed by atoms with Gasteiger partial charge in [-0.25, -0.2) is 0 Å². The quantitative estimate of drug-likeness (QED) is 0.801. The Morgan fingerprint density at radius 3 is 2.36 bits per heavy atom. The van der Waals surface area contributed by atoms with Crippen LogP contribution in [-0.4, -0.2) is 53.4 Å². The molecule has 0 N–H and O–H groups in total. The Morgan fingerprint density at radius 2 is 1.73 bits per heavy atom. The van der Waals surface area contributed by atoms with Crippen molar-refractivity contribution in [1.29, 1.82) is 0 Å². The molecule has 0 spiro atoms. The minimum Gasteiger partial charge on any atom is -0.341 e. The molecule has 0 aliphatic carbocycles. The Balaban J connectivity index is 1.47. The molecule has 0 aromatic heterocycles. The molecule has 1 aromatic rings. The van der Waals surface area contributed by atoms with Crippen molar-refractivity contribution in [2.45, 2.75) is 19.4 Å². The van der Waals surface area contributed by atoms with Crippen LogP contribution in [0.15, 0.2) is 28.7 Å². The number of hydrogen-bond donors (Lipinski definition) is 0. The largest absolute Gasteiger partial charge is 0.341 e. The van der Waals surface area contributed by atoms with E-state index in [0.717, 1.165) is 61.5 Å². The lowest BCUT2D eigenvalue weighted by molar-refractivity contribution is -0.136. The number of thioether (sulfide) groups is 1. The number of halogens is 1. The number of benzene rings is 1. The fourth-order valence-electron chi connectivity index (χ4n) is 3.23. The van der Waals surface area contributed by atoms with Gasteiger partial charge in [0, 0.05) is 41.5 Å². The van der Waals surface area contributed by atoms with Gasteiger partial charge in [-0.15, -0.1) is 0 Å². The summed E-state index contributed by atoms with van der Waals surface area (Å²) in [5.41, 5.74) is 1.35. The van der Waals surface area contributed by atoms with Gasteiger partial charge in [0.15, 0.2) is 0 Å². The first kappa shape index (κ1) is 16.3. The Morgan fingerprint density at radius 1 is 1.09 bits per heavy atom. The zero-order chi connectivity index (χ0) is 15.4. The molecule has 0 saturated carbocycles. The van der Waals surface area contributed by atoms with E-state index in [2.05, 4.69) is 50.0 Å². The van der Waals surface area contributed by atoms with Gasteiger partial charge < -0.3 is 4.90 Å². The summed E-state index contributed by atoms with van der Waals surface area (Å²) in [7, 11) is 0. The molecule has 120 valence electrons. The summed E-state index contributed by atoms with van der Waals surface area (Å²) in [6.45, 7) is 4.96. The highest BCUT2D eigenvalue weighted by molar-refractivity contribution is 9.10. The van der Waals surface area contributed by atoms with Gasteiger partial charge in [-0.2, -0.15) is 11.8 Å². The predicted octanol–water partition coefficient (Wildman–Crippen LogP) is 3.24. The average molecular weight is 383 g/mol. The summed E-state index contributed by atoms with van der Waals surface area (Å²) in [6, 6.07) is 8.54. The van der Waals surface area contributed by atoms with Crippen molar-refractivity contribution in [2.24, 2.45) is 5.92 Å². The second-order valence-corrected chi connectivity index (χ2v) is 8.25. The fourth-order valence-corrected chi connectivity index (χ4v) is 4.40. The smallest absolute Gasteiger partial charge is 0.225 e. The molecule has 22 heavy (non-hydrogen) atoms. The van der Waals surface area contributed by atoms with Gasteiger partial charge in [0.25, 0.3) is 0 Å². The van der Waals surface area contributed by atoms with Gasteiger partial charge in [-0.1, -0.05) is 28.1 Å². The van der Waals surface area contributed by atoms with Crippen molar-refractivity contribution in [3.8, 4) is 0 Å². The standard InChI is InChI=1S/C17H23BrN2OS/c18-16-3-1-14(2-4-16)13-19-7-5-15(6-8-19)17(21)20-9-11-22-12-10-20/h1-4,15H,5-13H2. The topological polar surface area (TPSA) is 23.6 Å². The van der Waals surface area contributed by atoms with Crippen LogP contribution in [0.5, 0.6) is 0 Å². The maximum atomic E-state index is 12.5. The van der Waals surface area contributed by atoms with Crippen LogP contribution >= 0.6 is 27.7 Å². The normalized spacial score (nSPS) is 21.0. The summed E-state index contributed by atoms with van der Waals surface area (Å²) >= 11 is 5.43. The lowest BCUT2D eigenvalue weighted by atomic mass is 9.95. The highest BCUT2D eigenvalue weighted by atomic mass is 79.9. The Labute approximate surface area is 145 Å². The molecule has 1 aromatic carbocycles. The van der Waals surface area contributed by atoms with Crippen LogP contribution in [-0.2, 0) is 11.3 Å². The van der Waals surface area contributed by atoms with Crippen LogP contribution in [0, 0.1) is 5.92 Å². The zero-order valence-electron chi connectivity index (χ0n) is 12.8. The molecule has 2 aliphatic rings. The molecule has 2 saturated heterocycles. The Bertz CT molecular complexity index is 494. The molecule has 3 nitrogen and oxygen atoms in total. The first-order valence-corrected chi connectivity index (χ1v) is 10.0. The average Bonchev–Trinajstić information content (AvgIpc) is 2.58. The second-order valence-electron chi connectivity index (χ2n) is 6.11. The molecule has 3 rings (SSSR count). The van der Waals surface area contributed by atoms with Gasteiger partial charge in [0.1, 0.15) is 0 Å². The molecule has 1 amide bonds. The number of nitrogens with zero attached hydrogens (tertiary/aromatic N) is 2. The van der Waals surface area contributed by atoms with Gasteiger partial charge in [-0.3, -0.25) is 9.69 Å². The van der Waals surface area contributed by atoms with E-state index in [9.17, 15) is 4.79 Å². The van der Waals surface area contributed by atoms with Crippen LogP contribution in [0.2, 0.25) is 0 Å². The number of amides is 1. The number of carbonyl (C=O) groups excluding carboxylic acids is 1. The summed E-state index contributed by atoms with van der Waals surface area (Å²) in [5.74, 6) is 2.87. The zero-order valence-corrected chi connectivity index (χ0v) is 15.2. The lowest BCUT2D eigenvalue weighted by Gasteiger charge is -2.35. The van der Waals surface area contributed by atoms with Crippen molar-refractivity contribution in [3.63, 3.8) is 0 Å². The van der Waals surface area contributed by atoms with E-state index >= 15 is 0 Å². The van der Waals surface area contributed by atoms with Crippen LogP contribution < -0.4 is 0 Å². The second kappa shape index (κ2) is 7.84. The molecule has 0 unspecified atom stereocenters. The third kappa shape index (κ3) is 4.27. The molecular formula is C17H23BrN2OS. The molecule has 0 atom stereocenters. The maximum Gasteiger partial charge on any atom is 0.225 e. The van der Waals surface area contributed by atoms with Crippen molar-refractivity contribution in [1.82, 2.24) is 9.80 Å². The van der Waals surface area contributed by atoms with E-state index in [-0.39, 0.29) is 5.92 Å². The summed E-state index contributed by atoms with van der Waals surface area (Å²) in [5, 5.41) is 0. The molecule has 2 heterocycles. The summed E-state index contributed by atoms with van der Waals surface area (Å²) in [6.07, 6.45) is 2.03. The molecular weight excluding hydrogens is 360 g/mol. The number of likely N-dealkylation sites (tertiary alicyclic amines) is 1. The Kier molecular flexibility index (Phi) is 5.83. The summed E-state index contributed by atoms with van der Waals surface area (Å²) in [4.78, 5) is 17.1. The van der Waals surface area contributed by atoms with Crippen LogP contribution in [0.3, 0.4) is 0 Å². The van der Waals surface area contributed by atoms with E-state index in [1.165, 1.54) is 5.56 Å². The van der Waals surface area contributed by atoms with Crippen LogP contribution in [0.25, 0.3) is 0 Å². The van der Waals surface area contributed by atoms with Crippen molar-refractivity contribution < 1.29 is 4.79 Å². The molecule has 0 bridgehead atoms. The molecule has 5 heteroatoms. The van der Waals surface area contributed by atoms with Crippen molar-refractivity contribution >= 4 is 33.6 Å². The van der Waals surface area contributed by atoms with Crippen molar-refractivity contribution in [3.05, 3.63) is 34.3 Å². The number of hydrogen-bond acceptors (Lipinski definition) is 3. The third-order valence-corrected chi connectivity index (χ3v) is 6.05. The fraction of sp³-hybridized carbons (Fsp3) is 0.588. The monoisotopic (exact) mass is 382 g/mol. The first-order valence-electron chi connectivity index (χ1n) is 8.06. The lowest BCUT2D eigenvalue weighted by Crippen LogP contribution is -2.45. The molecule has 2 fully saturated rings. The first-order chi connectivity index (χ1) is 10.7.